The topological polar surface area (TPSA) is 155 Å². The largest absolute Gasteiger partial charge is 0.472 e. The first-order valence-electron chi connectivity index (χ1n) is 33.2. The van der Waals surface area contributed by atoms with Crippen LogP contribution in [-0.2, 0) is 42.2 Å². The second kappa shape index (κ2) is 62.2. The summed E-state index contributed by atoms with van der Waals surface area (Å²) in [6.45, 7) is 4.57. The number of unbranched alkanes of at least 4 members (excludes halogenated alkanes) is 35. The van der Waals surface area contributed by atoms with E-state index in [0.29, 0.717) is 19.3 Å². The van der Waals surface area contributed by atoms with Gasteiger partial charge < -0.3 is 24.2 Å². The lowest BCUT2D eigenvalue weighted by Gasteiger charge is -2.21. The lowest BCUT2D eigenvalue weighted by atomic mass is 10.0. The molecule has 3 unspecified atom stereocenters. The number of phosphoric ester groups is 1. The van der Waals surface area contributed by atoms with Gasteiger partial charge in [0.05, 0.1) is 19.8 Å². The van der Waals surface area contributed by atoms with E-state index in [0.717, 1.165) is 89.9 Å². The Bertz CT molecular complexity index is 1570. The van der Waals surface area contributed by atoms with E-state index in [2.05, 4.69) is 81.5 Å². The number of aliphatic hydroxyl groups excluding tert-OH is 1. The molecule has 0 aromatic rings. The summed E-state index contributed by atoms with van der Waals surface area (Å²) in [5.74, 6) is -1.48. The van der Waals surface area contributed by atoms with Crippen LogP contribution < -0.4 is 0 Å². The molecule has 0 aliphatic heterocycles. The van der Waals surface area contributed by atoms with Crippen molar-refractivity contribution in [2.75, 3.05) is 26.4 Å². The molecule has 2 N–H and O–H groups in total. The zero-order valence-corrected chi connectivity index (χ0v) is 52.7. The third-order valence-electron chi connectivity index (χ3n) is 14.5. The predicted octanol–water partition coefficient (Wildman–Crippen LogP) is 20.3. The van der Waals surface area contributed by atoms with Gasteiger partial charge in [0.25, 0.3) is 0 Å². The van der Waals surface area contributed by atoms with Gasteiger partial charge in [-0.3, -0.25) is 23.4 Å². The van der Waals surface area contributed by atoms with E-state index < -0.39 is 57.8 Å². The number of phosphoric acid groups is 1. The molecule has 0 rings (SSSR count). The smallest absolute Gasteiger partial charge is 0.462 e. The van der Waals surface area contributed by atoms with E-state index in [1.807, 2.05) is 0 Å². The van der Waals surface area contributed by atoms with Gasteiger partial charge in [0.15, 0.2) is 6.10 Å². The highest BCUT2D eigenvalue weighted by Gasteiger charge is 2.28. The SMILES string of the molecule is CC/C=C\C/C=C\C/C=C\C/C=C\C/C=C\CCCCCC(=O)OC(COC(=O)CCCCCCCCCCCCCCCCCCCCC)COP(=O)(O)OCC(CO)OC(=O)CCCCCCCCCCCCCCCCC. The molecule has 0 saturated carbocycles. The van der Waals surface area contributed by atoms with Gasteiger partial charge >= 0.3 is 25.7 Å². The lowest BCUT2D eigenvalue weighted by molar-refractivity contribution is -0.161. The van der Waals surface area contributed by atoms with Gasteiger partial charge in [-0.15, -0.1) is 0 Å². The summed E-state index contributed by atoms with van der Waals surface area (Å²) < 4.78 is 39.7. The molecular weight excluding hydrogens is 1020 g/mol. The first kappa shape index (κ1) is 77.2. The molecular formula is C68H123O11P. The van der Waals surface area contributed by atoms with Crippen LogP contribution in [0.3, 0.4) is 0 Å². The summed E-state index contributed by atoms with van der Waals surface area (Å²) in [4.78, 5) is 48.8. The second-order valence-electron chi connectivity index (χ2n) is 22.3. The zero-order chi connectivity index (χ0) is 58.3. The van der Waals surface area contributed by atoms with Crippen molar-refractivity contribution in [1.82, 2.24) is 0 Å². The Hall–Kier alpha value is -2.82. The van der Waals surface area contributed by atoms with Crippen LogP contribution in [0.15, 0.2) is 60.8 Å². The Morgan fingerprint density at radius 3 is 1.00 bits per heavy atom. The van der Waals surface area contributed by atoms with E-state index in [-0.39, 0.29) is 25.9 Å². The van der Waals surface area contributed by atoms with Gasteiger partial charge in [0, 0.05) is 19.3 Å². The van der Waals surface area contributed by atoms with Crippen LogP contribution >= 0.6 is 7.82 Å². The Morgan fingerprint density at radius 1 is 0.362 bits per heavy atom. The van der Waals surface area contributed by atoms with Crippen LogP contribution in [0, 0.1) is 0 Å². The Kier molecular flexibility index (Phi) is 60.0. The van der Waals surface area contributed by atoms with Crippen LogP contribution in [0.4, 0.5) is 0 Å². The number of rotatable bonds is 62. The molecule has 0 radical (unpaired) electrons. The fourth-order valence-corrected chi connectivity index (χ4v) is 10.2. The number of carbonyl (C=O) groups excluding carboxylic acids is 3. The summed E-state index contributed by atoms with van der Waals surface area (Å²) in [7, 11) is -4.76. The number of allylic oxidation sites excluding steroid dienone is 10. The van der Waals surface area contributed by atoms with Crippen molar-refractivity contribution in [2.45, 2.75) is 328 Å². The maximum atomic E-state index is 13.0. The van der Waals surface area contributed by atoms with Gasteiger partial charge in [-0.1, -0.05) is 293 Å². The Balaban J connectivity index is 4.72. The van der Waals surface area contributed by atoms with Crippen molar-refractivity contribution >= 4 is 25.7 Å². The Labute approximate surface area is 491 Å². The Morgan fingerprint density at radius 2 is 0.650 bits per heavy atom. The maximum absolute atomic E-state index is 13.0. The number of carbonyl (C=O) groups is 3. The van der Waals surface area contributed by atoms with Gasteiger partial charge in [-0.25, -0.2) is 4.57 Å². The van der Waals surface area contributed by atoms with Crippen molar-refractivity contribution in [3.63, 3.8) is 0 Å². The highest BCUT2D eigenvalue weighted by Crippen LogP contribution is 2.43. The number of aliphatic hydroxyl groups is 1. The average molecular weight is 1150 g/mol. The molecule has 0 bridgehead atoms. The fraction of sp³-hybridized carbons (Fsp3) is 0.809. The molecule has 466 valence electrons. The predicted molar refractivity (Wildman–Crippen MR) is 335 cm³/mol. The molecule has 0 fully saturated rings. The quantitative estimate of drug-likeness (QED) is 0.0197. The van der Waals surface area contributed by atoms with Crippen molar-refractivity contribution in [2.24, 2.45) is 0 Å². The van der Waals surface area contributed by atoms with E-state index >= 15 is 0 Å². The molecule has 3 atom stereocenters. The molecule has 12 heteroatoms. The van der Waals surface area contributed by atoms with Crippen molar-refractivity contribution in [3.05, 3.63) is 60.8 Å². The molecule has 0 aliphatic rings. The monoisotopic (exact) mass is 1150 g/mol. The highest BCUT2D eigenvalue weighted by molar-refractivity contribution is 7.47. The normalized spacial score (nSPS) is 13.6. The molecule has 0 heterocycles. The standard InChI is InChI=1S/C68H123O11P/c1-4-7-10-13-16-19-22-25-28-30-32-34-37-39-42-45-48-51-54-57-66(70)75-61-65(79-68(72)59-56-53-50-47-44-41-38-35-33-31-29-26-23-20-17-14-11-8-5-2)63-77-80(73,74)76-62-64(60-69)78-67(71)58-55-52-49-46-43-40-36-27-24-21-18-15-12-9-6-3/h8,11,17,20,26,29,33,35,41,44,64-65,69H,4-7,9-10,12-16,18-19,21-25,27-28,30-32,34,36-40,42-43,45-63H2,1-3H3,(H,73,74)/b11-8-,20-17-,29-26-,35-33-,44-41-. The van der Waals surface area contributed by atoms with E-state index in [4.69, 9.17) is 23.3 Å². The summed E-state index contributed by atoms with van der Waals surface area (Å²) in [6.07, 6.45) is 70.3. The van der Waals surface area contributed by atoms with Gasteiger partial charge in [-0.2, -0.15) is 0 Å². The molecule has 0 spiro atoms. The fourth-order valence-electron chi connectivity index (χ4n) is 9.45. The molecule has 80 heavy (non-hydrogen) atoms. The summed E-state index contributed by atoms with van der Waals surface area (Å²) >= 11 is 0. The molecule has 0 amide bonds. The first-order chi connectivity index (χ1) is 39.2. The maximum Gasteiger partial charge on any atom is 0.472 e. The molecule has 0 aromatic heterocycles. The van der Waals surface area contributed by atoms with Gasteiger partial charge in [-0.05, 0) is 64.2 Å². The van der Waals surface area contributed by atoms with E-state index in [9.17, 15) is 28.9 Å². The highest BCUT2D eigenvalue weighted by atomic mass is 31.2. The van der Waals surface area contributed by atoms with Crippen molar-refractivity contribution in [1.29, 1.82) is 0 Å². The van der Waals surface area contributed by atoms with Gasteiger partial charge in [0.1, 0.15) is 12.7 Å². The van der Waals surface area contributed by atoms with Crippen molar-refractivity contribution < 1.29 is 52.2 Å². The van der Waals surface area contributed by atoms with Crippen LogP contribution in [0.25, 0.3) is 0 Å². The van der Waals surface area contributed by atoms with Crippen molar-refractivity contribution in [3.8, 4) is 0 Å². The molecule has 11 nitrogen and oxygen atoms in total. The van der Waals surface area contributed by atoms with Crippen LogP contribution in [0.5, 0.6) is 0 Å². The zero-order valence-electron chi connectivity index (χ0n) is 51.8. The minimum Gasteiger partial charge on any atom is -0.462 e. The third-order valence-corrected chi connectivity index (χ3v) is 15.4. The van der Waals surface area contributed by atoms with Gasteiger partial charge in [0.2, 0.25) is 0 Å². The summed E-state index contributed by atoms with van der Waals surface area (Å²) in [6, 6.07) is 0. The molecule has 0 aliphatic carbocycles. The van der Waals surface area contributed by atoms with Crippen LogP contribution in [0.1, 0.15) is 316 Å². The van der Waals surface area contributed by atoms with Crippen LogP contribution in [0.2, 0.25) is 0 Å². The minimum atomic E-state index is -4.76. The second-order valence-corrected chi connectivity index (χ2v) is 23.7. The number of ether oxygens (including phenoxy) is 3. The van der Waals surface area contributed by atoms with E-state index in [1.54, 1.807) is 0 Å². The number of hydrogen-bond donors (Lipinski definition) is 2. The first-order valence-corrected chi connectivity index (χ1v) is 34.7. The summed E-state index contributed by atoms with van der Waals surface area (Å²) in [5.41, 5.74) is 0. The average Bonchev–Trinajstić information content (AvgIpc) is 3.45. The number of esters is 3. The molecule has 0 saturated heterocycles. The lowest BCUT2D eigenvalue weighted by Crippen LogP contribution is -2.30. The van der Waals surface area contributed by atoms with Crippen LogP contribution in [-0.4, -0.2) is 66.5 Å². The third kappa shape index (κ3) is 59.8. The minimum absolute atomic E-state index is 0.131. The molecule has 0 aromatic carbocycles. The summed E-state index contributed by atoms with van der Waals surface area (Å²) in [5, 5.41) is 9.86. The van der Waals surface area contributed by atoms with E-state index in [1.165, 1.54) is 167 Å². The number of hydrogen-bond acceptors (Lipinski definition) is 10.